The second kappa shape index (κ2) is 8.85. The molecule has 6 nitrogen and oxygen atoms in total. The molecule has 0 spiro atoms. The van der Waals surface area contributed by atoms with Crippen molar-refractivity contribution in [1.82, 2.24) is 4.90 Å². The molecule has 2 heterocycles. The van der Waals surface area contributed by atoms with Gasteiger partial charge < -0.3 is 19.1 Å². The van der Waals surface area contributed by atoms with Crippen molar-refractivity contribution < 1.29 is 23.8 Å². The molecule has 0 N–H and O–H groups in total. The zero-order valence-electron chi connectivity index (χ0n) is 14.5. The Morgan fingerprint density at radius 2 is 2.25 bits per heavy atom. The predicted octanol–water partition coefficient (Wildman–Crippen LogP) is 3.59. The van der Waals surface area contributed by atoms with E-state index in [1.54, 1.807) is 9.89 Å². The lowest BCUT2D eigenvalue weighted by Crippen LogP contribution is -2.51. The minimum Gasteiger partial charge on any atom is -0.449 e. The number of hydrogen-bond acceptors (Lipinski definition) is 5. The third-order valence-electron chi connectivity index (χ3n) is 4.34. The molecule has 24 heavy (non-hydrogen) atoms. The highest BCUT2D eigenvalue weighted by Crippen LogP contribution is 2.33. The molecular formula is C17H26BrNO5. The topological polar surface area (TPSA) is 65.1 Å². The maximum absolute atomic E-state index is 12.4. The number of likely N-dealkylation sites (tertiary alicyclic amines) is 1. The first kappa shape index (κ1) is 19.2. The number of amides is 1. The summed E-state index contributed by atoms with van der Waals surface area (Å²) in [6.45, 7) is 6.94. The molecule has 0 radical (unpaired) electrons. The van der Waals surface area contributed by atoms with Crippen LogP contribution in [0, 0.1) is 5.92 Å². The van der Waals surface area contributed by atoms with Gasteiger partial charge in [0, 0.05) is 11.5 Å². The van der Waals surface area contributed by atoms with Crippen LogP contribution in [-0.4, -0.2) is 48.4 Å². The number of carbonyl (C=O) groups is 2. The van der Waals surface area contributed by atoms with Gasteiger partial charge in [0.25, 0.3) is 0 Å². The lowest BCUT2D eigenvalue weighted by molar-refractivity contribution is -0.179. The predicted molar refractivity (Wildman–Crippen MR) is 92.6 cm³/mol. The van der Waals surface area contributed by atoms with E-state index in [0.29, 0.717) is 18.9 Å². The maximum Gasteiger partial charge on any atom is 0.410 e. The van der Waals surface area contributed by atoms with E-state index >= 15 is 0 Å². The van der Waals surface area contributed by atoms with Crippen molar-refractivity contribution in [1.29, 1.82) is 0 Å². The lowest BCUT2D eigenvalue weighted by atomic mass is 10.0. The van der Waals surface area contributed by atoms with Crippen molar-refractivity contribution in [2.24, 2.45) is 5.92 Å². The number of rotatable bonds is 5. The van der Waals surface area contributed by atoms with Crippen LogP contribution in [0.4, 0.5) is 4.79 Å². The van der Waals surface area contributed by atoms with Gasteiger partial charge in [-0.2, -0.15) is 0 Å². The Balaban J connectivity index is 2.11. The van der Waals surface area contributed by atoms with Gasteiger partial charge in [0.15, 0.2) is 6.10 Å². The van der Waals surface area contributed by atoms with Crippen LogP contribution in [0.2, 0.25) is 0 Å². The molecule has 2 aliphatic rings. The molecule has 0 unspecified atom stereocenters. The number of esters is 1. The Morgan fingerprint density at radius 3 is 2.88 bits per heavy atom. The van der Waals surface area contributed by atoms with Crippen LogP contribution >= 0.6 is 15.9 Å². The van der Waals surface area contributed by atoms with E-state index in [2.05, 4.69) is 22.9 Å². The summed E-state index contributed by atoms with van der Waals surface area (Å²) in [4.78, 5) is 27.7. The first-order valence-corrected chi connectivity index (χ1v) is 9.52. The van der Waals surface area contributed by atoms with Crippen LogP contribution in [-0.2, 0) is 19.0 Å². The molecule has 3 atom stereocenters. The van der Waals surface area contributed by atoms with Crippen LogP contribution in [0.25, 0.3) is 0 Å². The zero-order valence-corrected chi connectivity index (χ0v) is 16.1. The van der Waals surface area contributed by atoms with E-state index in [0.717, 1.165) is 25.7 Å². The largest absolute Gasteiger partial charge is 0.449 e. The standard InChI is InChI=1S/C17H26BrNO5/c1-4-5-9-22-17(21)19-8-6-7-12(19)15-13(10-18)23-16(20)14(24-15)11(2)3/h10-12,14-15H,4-9H2,1-3H3/b13-10+/t12-,14-,15+/m0/s1. The average Bonchev–Trinajstić information content (AvgIpc) is 3.03. The fraction of sp³-hybridized carbons (Fsp3) is 0.765. The number of nitrogens with zero attached hydrogens (tertiary/aromatic N) is 1. The van der Waals surface area contributed by atoms with Crippen molar-refractivity contribution in [3.63, 3.8) is 0 Å². The summed E-state index contributed by atoms with van der Waals surface area (Å²) in [7, 11) is 0. The molecule has 2 aliphatic heterocycles. The van der Waals surface area contributed by atoms with Gasteiger partial charge >= 0.3 is 12.1 Å². The Kier molecular flexibility index (Phi) is 7.10. The number of cyclic esters (lactones) is 1. The van der Waals surface area contributed by atoms with Crippen LogP contribution in [0.15, 0.2) is 10.7 Å². The Bertz CT molecular complexity index is 493. The van der Waals surface area contributed by atoms with E-state index in [4.69, 9.17) is 14.2 Å². The highest BCUT2D eigenvalue weighted by molar-refractivity contribution is 9.11. The summed E-state index contributed by atoms with van der Waals surface area (Å²) in [5, 5.41) is 0. The third kappa shape index (κ3) is 4.30. The summed E-state index contributed by atoms with van der Waals surface area (Å²) in [6.07, 6.45) is 2.10. The molecule has 1 amide bonds. The summed E-state index contributed by atoms with van der Waals surface area (Å²) < 4.78 is 16.8. The van der Waals surface area contributed by atoms with E-state index in [-0.39, 0.29) is 24.0 Å². The minimum absolute atomic E-state index is 0.00299. The first-order chi connectivity index (χ1) is 11.5. The number of ether oxygens (including phenoxy) is 3. The van der Waals surface area contributed by atoms with Crippen molar-refractivity contribution in [2.75, 3.05) is 13.2 Å². The Hall–Kier alpha value is -1.08. The summed E-state index contributed by atoms with van der Waals surface area (Å²) in [6, 6.07) is -0.183. The molecule has 0 aromatic carbocycles. The van der Waals surface area contributed by atoms with Crippen LogP contribution in [0.5, 0.6) is 0 Å². The molecule has 2 saturated heterocycles. The fourth-order valence-electron chi connectivity index (χ4n) is 3.03. The monoisotopic (exact) mass is 403 g/mol. The molecule has 136 valence electrons. The molecule has 2 fully saturated rings. The number of carbonyl (C=O) groups excluding carboxylic acids is 2. The average molecular weight is 404 g/mol. The van der Waals surface area contributed by atoms with Gasteiger partial charge in [0.2, 0.25) is 0 Å². The highest BCUT2D eigenvalue weighted by atomic mass is 79.9. The van der Waals surface area contributed by atoms with Gasteiger partial charge in [0.1, 0.15) is 11.9 Å². The molecule has 0 bridgehead atoms. The molecule has 0 aliphatic carbocycles. The molecule has 2 rings (SSSR count). The molecule has 0 aromatic rings. The van der Waals surface area contributed by atoms with Crippen molar-refractivity contribution in [3.05, 3.63) is 10.7 Å². The molecule has 0 saturated carbocycles. The Labute approximate surface area is 151 Å². The van der Waals surface area contributed by atoms with Crippen LogP contribution in [0.1, 0.15) is 46.5 Å². The second-order valence-corrected chi connectivity index (χ2v) is 6.98. The molecular weight excluding hydrogens is 378 g/mol. The molecule has 7 heteroatoms. The first-order valence-electron chi connectivity index (χ1n) is 8.60. The van der Waals surface area contributed by atoms with Gasteiger partial charge in [-0.25, -0.2) is 9.59 Å². The normalized spacial score (nSPS) is 29.2. The number of unbranched alkanes of at least 4 members (excludes halogenated alkanes) is 1. The maximum atomic E-state index is 12.4. The highest BCUT2D eigenvalue weighted by Gasteiger charge is 2.45. The van der Waals surface area contributed by atoms with Gasteiger partial charge in [0.05, 0.1) is 12.6 Å². The smallest absolute Gasteiger partial charge is 0.410 e. The quantitative estimate of drug-likeness (QED) is 0.518. The SMILES string of the molecule is CCCCOC(=O)N1CCC[C@H]1[C@H]1O[C@@H](C(C)C)C(=O)O/C1=C/Br. The van der Waals surface area contributed by atoms with E-state index in [1.807, 2.05) is 13.8 Å². The summed E-state index contributed by atoms with van der Waals surface area (Å²) in [5.74, 6) is 0.0282. The third-order valence-corrected chi connectivity index (χ3v) is 4.80. The van der Waals surface area contributed by atoms with Gasteiger partial charge in [-0.15, -0.1) is 0 Å². The summed E-state index contributed by atoms with van der Waals surface area (Å²) in [5.41, 5.74) is 0. The van der Waals surface area contributed by atoms with Crippen LogP contribution < -0.4 is 0 Å². The van der Waals surface area contributed by atoms with Crippen molar-refractivity contribution in [2.45, 2.75) is 64.7 Å². The van der Waals surface area contributed by atoms with Gasteiger partial charge in [-0.05, 0) is 25.2 Å². The van der Waals surface area contributed by atoms with E-state index in [1.165, 1.54) is 0 Å². The number of hydrogen-bond donors (Lipinski definition) is 0. The van der Waals surface area contributed by atoms with Crippen LogP contribution in [0.3, 0.4) is 0 Å². The van der Waals surface area contributed by atoms with Gasteiger partial charge in [-0.1, -0.05) is 43.1 Å². The lowest BCUT2D eigenvalue weighted by Gasteiger charge is -2.38. The van der Waals surface area contributed by atoms with E-state index in [9.17, 15) is 9.59 Å². The fourth-order valence-corrected chi connectivity index (χ4v) is 3.38. The second-order valence-electron chi connectivity index (χ2n) is 6.52. The molecule has 0 aromatic heterocycles. The minimum atomic E-state index is -0.621. The summed E-state index contributed by atoms with van der Waals surface area (Å²) >= 11 is 3.24. The van der Waals surface area contributed by atoms with Gasteiger partial charge in [-0.3, -0.25) is 0 Å². The Morgan fingerprint density at radius 1 is 1.50 bits per heavy atom. The van der Waals surface area contributed by atoms with Crippen molar-refractivity contribution in [3.8, 4) is 0 Å². The zero-order chi connectivity index (χ0) is 17.7. The van der Waals surface area contributed by atoms with E-state index < -0.39 is 12.2 Å². The number of halogens is 1. The van der Waals surface area contributed by atoms with Crippen molar-refractivity contribution >= 4 is 28.0 Å².